The predicted molar refractivity (Wildman–Crippen MR) is 81.5 cm³/mol. The van der Waals surface area contributed by atoms with Crippen molar-refractivity contribution < 1.29 is 9.53 Å². The van der Waals surface area contributed by atoms with Crippen molar-refractivity contribution in [2.75, 3.05) is 19.8 Å². The number of carbonyl (C=O) groups excluding carboxylic acids is 1. The number of amides is 1. The molecule has 4 heteroatoms. The molecule has 0 saturated heterocycles. The van der Waals surface area contributed by atoms with E-state index in [1.807, 2.05) is 25.1 Å². The topological polar surface area (TPSA) is 38.3 Å². The van der Waals surface area contributed by atoms with Crippen LogP contribution in [0.2, 0.25) is 0 Å². The molecule has 1 aromatic carbocycles. The third-order valence-corrected chi connectivity index (χ3v) is 3.66. The fourth-order valence-electron chi connectivity index (χ4n) is 1.49. The van der Waals surface area contributed by atoms with E-state index in [0.29, 0.717) is 24.6 Å². The van der Waals surface area contributed by atoms with E-state index in [0.717, 1.165) is 23.1 Å². The largest absolute Gasteiger partial charge is 0.380 e. The summed E-state index contributed by atoms with van der Waals surface area (Å²) < 4.78 is 6.40. The Morgan fingerprint density at radius 1 is 1.37 bits per heavy atom. The van der Waals surface area contributed by atoms with Gasteiger partial charge < -0.3 is 10.1 Å². The van der Waals surface area contributed by atoms with Crippen molar-refractivity contribution in [2.24, 2.45) is 5.92 Å². The van der Waals surface area contributed by atoms with Crippen LogP contribution in [0.1, 0.15) is 36.2 Å². The first-order valence-electron chi connectivity index (χ1n) is 6.62. The molecule has 0 spiro atoms. The summed E-state index contributed by atoms with van der Waals surface area (Å²) in [5.74, 6) is 0.590. The van der Waals surface area contributed by atoms with Gasteiger partial charge in [0.05, 0.1) is 6.61 Å². The number of rotatable bonds is 7. The van der Waals surface area contributed by atoms with Gasteiger partial charge in [-0.1, -0.05) is 35.8 Å². The highest BCUT2D eigenvalue weighted by molar-refractivity contribution is 9.10. The molecule has 0 bridgehead atoms. The van der Waals surface area contributed by atoms with Gasteiger partial charge >= 0.3 is 0 Å². The van der Waals surface area contributed by atoms with Crippen LogP contribution in [0.4, 0.5) is 0 Å². The van der Waals surface area contributed by atoms with Crippen LogP contribution >= 0.6 is 15.9 Å². The molecule has 3 nitrogen and oxygen atoms in total. The quantitative estimate of drug-likeness (QED) is 0.778. The summed E-state index contributed by atoms with van der Waals surface area (Å²) >= 11 is 3.43. The third-order valence-electron chi connectivity index (χ3n) is 2.81. The predicted octanol–water partition coefficient (Wildman–Crippen LogP) is 3.55. The lowest BCUT2D eigenvalue weighted by atomic mass is 10.1. The van der Waals surface area contributed by atoms with Crippen molar-refractivity contribution in [1.82, 2.24) is 5.32 Å². The second kappa shape index (κ2) is 8.33. The number of aryl methyl sites for hydroxylation is 1. The van der Waals surface area contributed by atoms with Gasteiger partial charge in [0.1, 0.15) is 0 Å². The number of nitrogens with one attached hydrogen (secondary N) is 1. The maximum atomic E-state index is 11.9. The van der Waals surface area contributed by atoms with Crippen molar-refractivity contribution in [3.8, 4) is 0 Å². The van der Waals surface area contributed by atoms with Crippen molar-refractivity contribution in [3.05, 3.63) is 33.8 Å². The van der Waals surface area contributed by atoms with Crippen LogP contribution in [0.25, 0.3) is 0 Å². The average Bonchev–Trinajstić information content (AvgIpc) is 2.36. The van der Waals surface area contributed by atoms with Crippen LogP contribution in [-0.2, 0) is 4.74 Å². The van der Waals surface area contributed by atoms with Gasteiger partial charge in [-0.3, -0.25) is 4.79 Å². The SMILES string of the molecule is Cc1ccc(C(=O)NCCOCCC(C)C)cc1Br. The summed E-state index contributed by atoms with van der Waals surface area (Å²) in [5.41, 5.74) is 1.79. The lowest BCUT2D eigenvalue weighted by Gasteiger charge is -2.08. The molecule has 1 aromatic rings. The molecule has 0 aliphatic heterocycles. The first kappa shape index (κ1) is 16.2. The summed E-state index contributed by atoms with van der Waals surface area (Å²) in [6.45, 7) is 8.19. The zero-order valence-corrected chi connectivity index (χ0v) is 13.4. The first-order chi connectivity index (χ1) is 9.00. The zero-order valence-electron chi connectivity index (χ0n) is 11.8. The molecule has 1 rings (SSSR count). The molecule has 0 heterocycles. The fourth-order valence-corrected chi connectivity index (χ4v) is 1.87. The van der Waals surface area contributed by atoms with Crippen LogP contribution in [0.3, 0.4) is 0 Å². The lowest BCUT2D eigenvalue weighted by molar-refractivity contribution is 0.0906. The van der Waals surface area contributed by atoms with Gasteiger partial charge in [0.15, 0.2) is 0 Å². The molecule has 0 atom stereocenters. The smallest absolute Gasteiger partial charge is 0.251 e. The van der Waals surface area contributed by atoms with E-state index < -0.39 is 0 Å². The summed E-state index contributed by atoms with van der Waals surface area (Å²) in [5, 5.41) is 2.85. The van der Waals surface area contributed by atoms with Crippen LogP contribution in [-0.4, -0.2) is 25.7 Å². The van der Waals surface area contributed by atoms with Crippen molar-refractivity contribution in [1.29, 1.82) is 0 Å². The van der Waals surface area contributed by atoms with Crippen molar-refractivity contribution >= 4 is 21.8 Å². The Kier molecular flexibility index (Phi) is 7.10. The highest BCUT2D eigenvalue weighted by atomic mass is 79.9. The number of hydrogen-bond acceptors (Lipinski definition) is 2. The molecule has 1 N–H and O–H groups in total. The second-order valence-corrected chi connectivity index (χ2v) is 5.87. The van der Waals surface area contributed by atoms with E-state index in [1.54, 1.807) is 0 Å². The number of carbonyl (C=O) groups is 1. The molecule has 0 aliphatic carbocycles. The van der Waals surface area contributed by atoms with Crippen molar-refractivity contribution in [2.45, 2.75) is 27.2 Å². The molecule has 0 radical (unpaired) electrons. The number of benzene rings is 1. The van der Waals surface area contributed by atoms with E-state index in [9.17, 15) is 4.79 Å². The van der Waals surface area contributed by atoms with Crippen LogP contribution in [0, 0.1) is 12.8 Å². The van der Waals surface area contributed by atoms with Crippen LogP contribution < -0.4 is 5.32 Å². The number of ether oxygens (including phenoxy) is 1. The highest BCUT2D eigenvalue weighted by Crippen LogP contribution is 2.17. The lowest BCUT2D eigenvalue weighted by Crippen LogP contribution is -2.27. The molecule has 0 fully saturated rings. The number of hydrogen-bond donors (Lipinski definition) is 1. The molecule has 0 saturated carbocycles. The van der Waals surface area contributed by atoms with Crippen LogP contribution in [0.15, 0.2) is 22.7 Å². The molecule has 106 valence electrons. The molecule has 19 heavy (non-hydrogen) atoms. The van der Waals surface area contributed by atoms with Gasteiger partial charge in [0.2, 0.25) is 0 Å². The summed E-state index contributed by atoms with van der Waals surface area (Å²) in [6.07, 6.45) is 1.05. The molecule has 0 aliphatic rings. The average molecular weight is 328 g/mol. The molecule has 1 amide bonds. The van der Waals surface area contributed by atoms with Crippen LogP contribution in [0.5, 0.6) is 0 Å². The maximum absolute atomic E-state index is 11.9. The summed E-state index contributed by atoms with van der Waals surface area (Å²) in [7, 11) is 0. The first-order valence-corrected chi connectivity index (χ1v) is 7.42. The third kappa shape index (κ3) is 6.21. The summed E-state index contributed by atoms with van der Waals surface area (Å²) in [4.78, 5) is 11.9. The van der Waals surface area contributed by atoms with Crippen molar-refractivity contribution in [3.63, 3.8) is 0 Å². The Labute approximate surface area is 123 Å². The van der Waals surface area contributed by atoms with Gasteiger partial charge in [-0.2, -0.15) is 0 Å². The van der Waals surface area contributed by atoms with Gasteiger partial charge in [0.25, 0.3) is 5.91 Å². The monoisotopic (exact) mass is 327 g/mol. The molecule has 0 aromatic heterocycles. The Morgan fingerprint density at radius 3 is 2.74 bits per heavy atom. The van der Waals surface area contributed by atoms with E-state index in [-0.39, 0.29) is 5.91 Å². The van der Waals surface area contributed by atoms with Gasteiger partial charge in [0, 0.05) is 23.2 Å². The van der Waals surface area contributed by atoms with E-state index >= 15 is 0 Å². The van der Waals surface area contributed by atoms with Gasteiger partial charge in [-0.05, 0) is 37.0 Å². The van der Waals surface area contributed by atoms with Gasteiger partial charge in [-0.15, -0.1) is 0 Å². The fraction of sp³-hybridized carbons (Fsp3) is 0.533. The standard InChI is InChI=1S/C15H22BrNO2/c1-11(2)6-8-19-9-7-17-15(18)13-5-4-12(3)14(16)10-13/h4-5,10-11H,6-9H2,1-3H3,(H,17,18). The number of halogens is 1. The minimum atomic E-state index is -0.0619. The van der Waals surface area contributed by atoms with Gasteiger partial charge in [-0.25, -0.2) is 0 Å². The van der Waals surface area contributed by atoms with E-state index in [4.69, 9.17) is 4.74 Å². The minimum Gasteiger partial charge on any atom is -0.380 e. The normalized spacial score (nSPS) is 10.8. The van der Waals surface area contributed by atoms with E-state index in [2.05, 4.69) is 35.1 Å². The Bertz CT molecular complexity index is 419. The summed E-state index contributed by atoms with van der Waals surface area (Å²) in [6, 6.07) is 5.59. The Hall–Kier alpha value is -0.870. The Morgan fingerprint density at radius 2 is 2.11 bits per heavy atom. The molecular weight excluding hydrogens is 306 g/mol. The minimum absolute atomic E-state index is 0.0619. The van der Waals surface area contributed by atoms with E-state index in [1.165, 1.54) is 0 Å². The second-order valence-electron chi connectivity index (χ2n) is 5.01. The molecule has 0 unspecified atom stereocenters. The zero-order chi connectivity index (χ0) is 14.3. The molecular formula is C15H22BrNO2. The Balaban J connectivity index is 2.26. The highest BCUT2D eigenvalue weighted by Gasteiger charge is 2.06. The maximum Gasteiger partial charge on any atom is 0.251 e.